The summed E-state index contributed by atoms with van der Waals surface area (Å²) in [4.78, 5) is 10.6. The zero-order valence-corrected chi connectivity index (χ0v) is 10.4. The van der Waals surface area contributed by atoms with Crippen LogP contribution in [0.4, 0.5) is 0 Å². The molecule has 1 nitrogen and oxygen atoms in total. The first-order valence-corrected chi connectivity index (χ1v) is 5.74. The molecular formula is C12H28O. The van der Waals surface area contributed by atoms with Crippen LogP contribution in [0.15, 0.2) is 0 Å². The second-order valence-electron chi connectivity index (χ2n) is 2.75. The molecule has 0 amide bonds. The molecule has 13 heavy (non-hydrogen) atoms. The van der Waals surface area contributed by atoms with Gasteiger partial charge in [0.25, 0.3) is 0 Å². The van der Waals surface area contributed by atoms with Crippen LogP contribution in [0.25, 0.3) is 0 Å². The van der Waals surface area contributed by atoms with Crippen molar-refractivity contribution in [1.29, 1.82) is 0 Å². The Balaban J connectivity index is -0.000000169. The third-order valence-corrected chi connectivity index (χ3v) is 1.06. The first-order chi connectivity index (χ1) is 6.22. The lowest BCUT2D eigenvalue weighted by Gasteiger charge is -1.91. The second-order valence-corrected chi connectivity index (χ2v) is 2.75. The molecule has 0 fully saturated rings. The maximum atomic E-state index is 10.6. The summed E-state index contributed by atoms with van der Waals surface area (Å²) in [6.45, 7) is 12.3. The third kappa shape index (κ3) is 33.9. The molecule has 0 aliphatic heterocycles. The maximum Gasteiger partial charge on any atom is 0.132 e. The Labute approximate surface area is 84.9 Å². The molecule has 0 radical (unpaired) electrons. The summed E-state index contributed by atoms with van der Waals surface area (Å²) in [5, 5.41) is 0. The zero-order chi connectivity index (χ0) is 11.1. The predicted octanol–water partition coefficient (Wildman–Crippen LogP) is 4.60. The van der Waals surface area contributed by atoms with Gasteiger partial charge in [-0.15, -0.1) is 0 Å². The summed E-state index contributed by atoms with van der Waals surface area (Å²) in [5.41, 5.74) is 0. The van der Waals surface area contributed by atoms with Crippen molar-refractivity contribution in [2.75, 3.05) is 0 Å². The van der Waals surface area contributed by atoms with Crippen molar-refractivity contribution in [2.24, 2.45) is 0 Å². The van der Waals surface area contributed by atoms with E-state index in [9.17, 15) is 4.79 Å². The minimum absolute atomic E-state index is 0.412. The Kier molecular flexibility index (Phi) is 32.1. The highest BCUT2D eigenvalue weighted by molar-refractivity contribution is 5.78. The van der Waals surface area contributed by atoms with Gasteiger partial charge >= 0.3 is 0 Å². The van der Waals surface area contributed by atoms with Crippen molar-refractivity contribution in [3.8, 4) is 0 Å². The van der Waals surface area contributed by atoms with Crippen molar-refractivity contribution in [3.63, 3.8) is 0 Å². The summed E-state index contributed by atoms with van der Waals surface area (Å²) >= 11 is 0. The SMILES string of the molecule is CC.CCC.CCCC(=O)CCC. The highest BCUT2D eigenvalue weighted by Crippen LogP contribution is 1.95. The molecule has 0 aromatic heterocycles. The lowest BCUT2D eigenvalue weighted by Crippen LogP contribution is -1.93. The number of Topliss-reactive ketones (excluding diaryl/α,β-unsaturated/α-hetero) is 1. The molecule has 0 aromatic rings. The molecule has 0 spiro atoms. The molecule has 0 saturated carbocycles. The van der Waals surface area contributed by atoms with E-state index >= 15 is 0 Å². The molecule has 0 aliphatic rings. The molecule has 0 N–H and O–H groups in total. The van der Waals surface area contributed by atoms with Crippen LogP contribution in [0.3, 0.4) is 0 Å². The van der Waals surface area contributed by atoms with Gasteiger partial charge in [-0.3, -0.25) is 4.79 Å². The summed E-state index contributed by atoms with van der Waals surface area (Å²) in [5.74, 6) is 0.412. The number of ketones is 1. The van der Waals surface area contributed by atoms with Gasteiger partial charge in [0.05, 0.1) is 0 Å². The lowest BCUT2D eigenvalue weighted by molar-refractivity contribution is -0.119. The number of rotatable bonds is 4. The van der Waals surface area contributed by atoms with Crippen LogP contribution >= 0.6 is 0 Å². The van der Waals surface area contributed by atoms with E-state index in [0.29, 0.717) is 5.78 Å². The topological polar surface area (TPSA) is 17.1 Å². The number of carbonyl (C=O) groups is 1. The predicted molar refractivity (Wildman–Crippen MR) is 62.1 cm³/mol. The fourth-order valence-electron chi connectivity index (χ4n) is 0.683. The van der Waals surface area contributed by atoms with E-state index in [-0.39, 0.29) is 0 Å². The van der Waals surface area contributed by atoms with E-state index in [2.05, 4.69) is 13.8 Å². The zero-order valence-electron chi connectivity index (χ0n) is 10.4. The van der Waals surface area contributed by atoms with Crippen LogP contribution in [0.1, 0.15) is 73.6 Å². The fraction of sp³-hybridized carbons (Fsp3) is 0.917. The Bertz CT molecular complexity index is 69.2. The lowest BCUT2D eigenvalue weighted by atomic mass is 10.1. The Morgan fingerprint density at radius 2 is 1.08 bits per heavy atom. The van der Waals surface area contributed by atoms with Gasteiger partial charge in [0, 0.05) is 12.8 Å². The highest BCUT2D eigenvalue weighted by Gasteiger charge is 1.94. The molecule has 0 saturated heterocycles. The summed E-state index contributed by atoms with van der Waals surface area (Å²) < 4.78 is 0. The number of carbonyl (C=O) groups excluding carboxylic acids is 1. The average Bonchev–Trinajstić information content (AvgIpc) is 2.10. The van der Waals surface area contributed by atoms with Crippen molar-refractivity contribution in [1.82, 2.24) is 0 Å². The van der Waals surface area contributed by atoms with Crippen molar-refractivity contribution in [3.05, 3.63) is 0 Å². The average molecular weight is 188 g/mol. The van der Waals surface area contributed by atoms with E-state index in [1.807, 2.05) is 27.7 Å². The second kappa shape index (κ2) is 22.6. The maximum absolute atomic E-state index is 10.6. The van der Waals surface area contributed by atoms with Crippen LogP contribution in [0, 0.1) is 0 Å². The van der Waals surface area contributed by atoms with Gasteiger partial charge < -0.3 is 0 Å². The monoisotopic (exact) mass is 188 g/mol. The van der Waals surface area contributed by atoms with Crippen LogP contribution in [-0.2, 0) is 4.79 Å². The van der Waals surface area contributed by atoms with E-state index in [1.165, 1.54) is 6.42 Å². The fourth-order valence-corrected chi connectivity index (χ4v) is 0.683. The summed E-state index contributed by atoms with van der Waals surface area (Å²) in [6.07, 6.45) is 4.79. The van der Waals surface area contributed by atoms with E-state index in [4.69, 9.17) is 0 Å². The van der Waals surface area contributed by atoms with E-state index in [1.54, 1.807) is 0 Å². The van der Waals surface area contributed by atoms with Gasteiger partial charge in [-0.2, -0.15) is 0 Å². The van der Waals surface area contributed by atoms with Gasteiger partial charge in [0.2, 0.25) is 0 Å². The molecule has 0 rings (SSSR count). The minimum Gasteiger partial charge on any atom is -0.300 e. The van der Waals surface area contributed by atoms with Gasteiger partial charge in [-0.1, -0.05) is 48.0 Å². The Morgan fingerprint density at radius 3 is 1.23 bits per heavy atom. The van der Waals surface area contributed by atoms with Gasteiger partial charge in [-0.05, 0) is 12.8 Å². The smallest absolute Gasteiger partial charge is 0.132 e. The molecule has 0 aliphatic carbocycles. The quantitative estimate of drug-likeness (QED) is 0.630. The first-order valence-electron chi connectivity index (χ1n) is 5.74. The normalized spacial score (nSPS) is 7.54. The molecule has 0 aromatic carbocycles. The van der Waals surface area contributed by atoms with Crippen LogP contribution < -0.4 is 0 Å². The Hall–Kier alpha value is -0.330. The van der Waals surface area contributed by atoms with Crippen LogP contribution in [0.2, 0.25) is 0 Å². The molecule has 0 atom stereocenters. The minimum atomic E-state index is 0.412. The van der Waals surface area contributed by atoms with Gasteiger partial charge in [0.15, 0.2) is 0 Å². The van der Waals surface area contributed by atoms with Crippen LogP contribution in [-0.4, -0.2) is 5.78 Å². The first kappa shape index (κ1) is 18.5. The Morgan fingerprint density at radius 1 is 0.846 bits per heavy atom. The van der Waals surface area contributed by atoms with E-state index in [0.717, 1.165) is 25.7 Å². The van der Waals surface area contributed by atoms with Crippen LogP contribution in [0.5, 0.6) is 0 Å². The van der Waals surface area contributed by atoms with Crippen molar-refractivity contribution < 1.29 is 4.79 Å². The molecule has 1 heteroatoms. The van der Waals surface area contributed by atoms with Gasteiger partial charge in [0.1, 0.15) is 5.78 Å². The molecule has 82 valence electrons. The largest absolute Gasteiger partial charge is 0.300 e. The summed E-state index contributed by atoms with van der Waals surface area (Å²) in [6, 6.07) is 0. The summed E-state index contributed by atoms with van der Waals surface area (Å²) in [7, 11) is 0. The molecule has 0 unspecified atom stereocenters. The number of hydrogen-bond acceptors (Lipinski definition) is 1. The molecule has 0 bridgehead atoms. The highest BCUT2D eigenvalue weighted by atomic mass is 16.1. The molecular weight excluding hydrogens is 160 g/mol. The van der Waals surface area contributed by atoms with Crippen molar-refractivity contribution in [2.45, 2.75) is 73.6 Å². The van der Waals surface area contributed by atoms with Crippen molar-refractivity contribution >= 4 is 5.78 Å². The molecule has 0 heterocycles. The third-order valence-electron chi connectivity index (χ3n) is 1.06. The standard InChI is InChI=1S/C7H14O.C3H8.C2H6/c1-3-5-7(8)6-4-2;1-3-2;1-2/h3-6H2,1-2H3;3H2,1-2H3;1-2H3. The van der Waals surface area contributed by atoms with E-state index < -0.39 is 0 Å². The number of hydrogen-bond donors (Lipinski definition) is 0. The van der Waals surface area contributed by atoms with Gasteiger partial charge in [-0.25, -0.2) is 0 Å².